The summed E-state index contributed by atoms with van der Waals surface area (Å²) >= 11 is 0. The van der Waals surface area contributed by atoms with Crippen molar-refractivity contribution in [3.63, 3.8) is 0 Å². The standard InChI is InChI=1S/C21H21N3O4S/c1-2-24(17-6-4-3-5-7-17)29(25,26)18-9-11-21(23-14-18)22-13-16-8-10-19-20(12-16)28-15-27-19/h3-12,14H,2,13,15H2,1H3,(H,22,23). The Bertz CT molecular complexity index is 1090. The molecule has 0 spiro atoms. The molecule has 2 aromatic carbocycles. The minimum absolute atomic E-state index is 0.150. The number of anilines is 2. The highest BCUT2D eigenvalue weighted by Gasteiger charge is 2.23. The smallest absolute Gasteiger partial charge is 0.265 e. The van der Waals surface area contributed by atoms with Crippen LogP contribution in [-0.2, 0) is 16.6 Å². The maximum absolute atomic E-state index is 13.0. The van der Waals surface area contributed by atoms with Crippen LogP contribution in [0.3, 0.4) is 0 Å². The summed E-state index contributed by atoms with van der Waals surface area (Å²) in [4.78, 5) is 4.42. The van der Waals surface area contributed by atoms with Crippen LogP contribution in [0.2, 0.25) is 0 Å². The van der Waals surface area contributed by atoms with E-state index in [9.17, 15) is 8.42 Å². The molecule has 150 valence electrons. The molecule has 0 amide bonds. The Balaban J connectivity index is 1.47. The van der Waals surface area contributed by atoms with Gasteiger partial charge < -0.3 is 14.8 Å². The fourth-order valence-electron chi connectivity index (χ4n) is 3.09. The maximum atomic E-state index is 13.0. The van der Waals surface area contributed by atoms with Crippen LogP contribution in [0.5, 0.6) is 11.5 Å². The van der Waals surface area contributed by atoms with Crippen molar-refractivity contribution in [2.45, 2.75) is 18.4 Å². The monoisotopic (exact) mass is 411 g/mol. The lowest BCUT2D eigenvalue weighted by Gasteiger charge is -2.22. The van der Waals surface area contributed by atoms with Gasteiger partial charge in [-0.1, -0.05) is 24.3 Å². The van der Waals surface area contributed by atoms with E-state index in [1.165, 1.54) is 10.5 Å². The number of benzene rings is 2. The molecule has 1 aliphatic heterocycles. The fraction of sp³-hybridized carbons (Fsp3) is 0.190. The zero-order valence-corrected chi connectivity index (χ0v) is 16.7. The molecule has 0 radical (unpaired) electrons. The second kappa shape index (κ2) is 8.00. The molecule has 1 aromatic heterocycles. The number of ether oxygens (including phenoxy) is 2. The van der Waals surface area contributed by atoms with E-state index in [0.717, 1.165) is 17.1 Å². The van der Waals surface area contributed by atoms with Gasteiger partial charge in [0.1, 0.15) is 10.7 Å². The molecule has 2 heterocycles. The molecule has 0 fully saturated rings. The average molecular weight is 411 g/mol. The number of fused-ring (bicyclic) bond motifs is 1. The lowest BCUT2D eigenvalue weighted by molar-refractivity contribution is 0.174. The van der Waals surface area contributed by atoms with Crippen LogP contribution in [-0.4, -0.2) is 26.7 Å². The van der Waals surface area contributed by atoms with Gasteiger partial charge in [-0.05, 0) is 48.9 Å². The first kappa shape index (κ1) is 19.1. The van der Waals surface area contributed by atoms with E-state index < -0.39 is 10.0 Å². The van der Waals surface area contributed by atoms with Crippen molar-refractivity contribution >= 4 is 21.5 Å². The Labute approximate surface area is 170 Å². The third-order valence-electron chi connectivity index (χ3n) is 4.57. The summed E-state index contributed by atoms with van der Waals surface area (Å²) in [6, 6.07) is 18.0. The van der Waals surface area contributed by atoms with Crippen LogP contribution in [0, 0.1) is 0 Å². The summed E-state index contributed by atoms with van der Waals surface area (Å²) in [5, 5.41) is 3.19. The number of nitrogens with one attached hydrogen (secondary N) is 1. The van der Waals surface area contributed by atoms with Crippen LogP contribution < -0.4 is 19.1 Å². The van der Waals surface area contributed by atoms with Gasteiger partial charge in [0.15, 0.2) is 11.5 Å². The highest BCUT2D eigenvalue weighted by atomic mass is 32.2. The van der Waals surface area contributed by atoms with Crippen LogP contribution in [0.25, 0.3) is 0 Å². The van der Waals surface area contributed by atoms with Crippen molar-refractivity contribution < 1.29 is 17.9 Å². The summed E-state index contributed by atoms with van der Waals surface area (Å²) in [7, 11) is -3.68. The van der Waals surface area contributed by atoms with Crippen molar-refractivity contribution in [2.24, 2.45) is 0 Å². The van der Waals surface area contributed by atoms with Gasteiger partial charge in [-0.15, -0.1) is 0 Å². The van der Waals surface area contributed by atoms with Gasteiger partial charge in [0.05, 0.1) is 5.69 Å². The van der Waals surface area contributed by atoms with Crippen molar-refractivity contribution in [2.75, 3.05) is 23.0 Å². The van der Waals surface area contributed by atoms with Gasteiger partial charge in [-0.2, -0.15) is 0 Å². The van der Waals surface area contributed by atoms with Crippen molar-refractivity contribution in [3.05, 3.63) is 72.4 Å². The number of rotatable bonds is 7. The minimum Gasteiger partial charge on any atom is -0.454 e. The fourth-order valence-corrected chi connectivity index (χ4v) is 4.51. The molecule has 7 nitrogen and oxygen atoms in total. The Morgan fingerprint density at radius 1 is 1.03 bits per heavy atom. The predicted molar refractivity (Wildman–Crippen MR) is 111 cm³/mol. The first-order chi connectivity index (χ1) is 14.1. The molecule has 0 aliphatic carbocycles. The van der Waals surface area contributed by atoms with Crippen molar-refractivity contribution in [1.29, 1.82) is 0 Å². The minimum atomic E-state index is -3.68. The summed E-state index contributed by atoms with van der Waals surface area (Å²) in [6.45, 7) is 2.90. The van der Waals surface area contributed by atoms with Crippen LogP contribution >= 0.6 is 0 Å². The number of sulfonamides is 1. The van der Waals surface area contributed by atoms with Gasteiger partial charge in [0.2, 0.25) is 6.79 Å². The summed E-state index contributed by atoms with van der Waals surface area (Å²) < 4.78 is 38.1. The zero-order chi connectivity index (χ0) is 20.3. The number of aromatic nitrogens is 1. The first-order valence-corrected chi connectivity index (χ1v) is 10.7. The molecule has 3 aromatic rings. The summed E-state index contributed by atoms with van der Waals surface area (Å²) in [5.74, 6) is 2.05. The molecule has 0 atom stereocenters. The molecule has 8 heteroatoms. The number of para-hydroxylation sites is 1. The van der Waals surface area contributed by atoms with E-state index in [4.69, 9.17) is 9.47 Å². The number of pyridine rings is 1. The molecule has 0 bridgehead atoms. The second-order valence-electron chi connectivity index (χ2n) is 6.43. The second-order valence-corrected chi connectivity index (χ2v) is 8.29. The zero-order valence-electron chi connectivity index (χ0n) is 15.9. The topological polar surface area (TPSA) is 80.8 Å². The van der Waals surface area contributed by atoms with Crippen LogP contribution in [0.15, 0.2) is 71.8 Å². The molecule has 29 heavy (non-hydrogen) atoms. The van der Waals surface area contributed by atoms with Gasteiger partial charge in [-0.3, -0.25) is 4.31 Å². The number of hydrogen-bond acceptors (Lipinski definition) is 6. The Morgan fingerprint density at radius 3 is 2.55 bits per heavy atom. The maximum Gasteiger partial charge on any atom is 0.265 e. The predicted octanol–water partition coefficient (Wildman–Crippen LogP) is 3.64. The van der Waals surface area contributed by atoms with E-state index >= 15 is 0 Å². The largest absolute Gasteiger partial charge is 0.454 e. The molecular weight excluding hydrogens is 390 g/mol. The lowest BCUT2D eigenvalue weighted by Crippen LogP contribution is -2.30. The summed E-state index contributed by atoms with van der Waals surface area (Å²) in [5.41, 5.74) is 1.63. The Kier molecular flexibility index (Phi) is 5.26. The highest BCUT2D eigenvalue weighted by Crippen LogP contribution is 2.32. The first-order valence-electron chi connectivity index (χ1n) is 9.24. The van der Waals surface area contributed by atoms with Crippen molar-refractivity contribution in [3.8, 4) is 11.5 Å². The van der Waals surface area contributed by atoms with Crippen molar-refractivity contribution in [1.82, 2.24) is 4.98 Å². The van der Waals surface area contributed by atoms with E-state index in [1.54, 1.807) is 31.2 Å². The Hall–Kier alpha value is -3.26. The summed E-state index contributed by atoms with van der Waals surface area (Å²) in [6.07, 6.45) is 1.38. The third-order valence-corrected chi connectivity index (χ3v) is 6.45. The van der Waals surface area contributed by atoms with Gasteiger partial charge in [0.25, 0.3) is 10.0 Å². The molecule has 0 saturated carbocycles. The lowest BCUT2D eigenvalue weighted by atomic mass is 10.2. The third kappa shape index (κ3) is 3.97. The van der Waals surface area contributed by atoms with Crippen LogP contribution in [0.1, 0.15) is 12.5 Å². The van der Waals surface area contributed by atoms with Gasteiger partial charge in [0, 0.05) is 19.3 Å². The molecule has 0 saturated heterocycles. The Morgan fingerprint density at radius 2 is 1.83 bits per heavy atom. The van der Waals surface area contributed by atoms with Crippen LogP contribution in [0.4, 0.5) is 11.5 Å². The normalized spacial score (nSPS) is 12.6. The van der Waals surface area contributed by atoms with Gasteiger partial charge in [-0.25, -0.2) is 13.4 Å². The van der Waals surface area contributed by atoms with Gasteiger partial charge >= 0.3 is 0 Å². The van der Waals surface area contributed by atoms with E-state index in [0.29, 0.717) is 24.6 Å². The molecule has 1 aliphatic rings. The van der Waals surface area contributed by atoms with E-state index in [-0.39, 0.29) is 11.7 Å². The molecule has 1 N–H and O–H groups in total. The number of nitrogens with zero attached hydrogens (tertiary/aromatic N) is 2. The quantitative estimate of drug-likeness (QED) is 0.639. The van der Waals surface area contributed by atoms with E-state index in [2.05, 4.69) is 10.3 Å². The SMILES string of the molecule is CCN(c1ccccc1)S(=O)(=O)c1ccc(NCc2ccc3c(c2)OCO3)nc1. The van der Waals surface area contributed by atoms with E-state index in [1.807, 2.05) is 36.4 Å². The number of hydrogen-bond donors (Lipinski definition) is 1. The average Bonchev–Trinajstić information content (AvgIpc) is 3.21. The molecular formula is C21H21N3O4S. The highest BCUT2D eigenvalue weighted by molar-refractivity contribution is 7.92. The molecule has 4 rings (SSSR count). The molecule has 0 unspecified atom stereocenters.